The maximum atomic E-state index is 11.8. The highest BCUT2D eigenvalue weighted by Crippen LogP contribution is 2.04. The third-order valence-electron chi connectivity index (χ3n) is 2.46. The number of aryl methyl sites for hydroxylation is 1. The number of aromatic nitrogens is 3. The van der Waals surface area contributed by atoms with Crippen LogP contribution in [0, 0.1) is 11.3 Å². The second kappa shape index (κ2) is 5.10. The van der Waals surface area contributed by atoms with E-state index in [1.807, 2.05) is 6.07 Å². The van der Waals surface area contributed by atoms with E-state index >= 15 is 0 Å². The summed E-state index contributed by atoms with van der Waals surface area (Å²) < 4.78 is 1.40. The van der Waals surface area contributed by atoms with Crippen molar-refractivity contribution in [1.29, 1.82) is 5.26 Å². The van der Waals surface area contributed by atoms with Crippen LogP contribution in [0.4, 0.5) is 0 Å². The molecule has 0 aliphatic heterocycles. The highest BCUT2D eigenvalue weighted by Gasteiger charge is 2.10. The van der Waals surface area contributed by atoms with Gasteiger partial charge in [-0.25, -0.2) is 4.68 Å². The Balaban J connectivity index is 2.02. The molecule has 1 aromatic carbocycles. The summed E-state index contributed by atoms with van der Waals surface area (Å²) in [5.74, 6) is -0.245. The Morgan fingerprint density at radius 1 is 1.56 bits per heavy atom. The van der Waals surface area contributed by atoms with E-state index in [0.717, 1.165) is 5.56 Å². The van der Waals surface area contributed by atoms with Gasteiger partial charge in [0.15, 0.2) is 0 Å². The molecule has 1 amide bonds. The molecule has 18 heavy (non-hydrogen) atoms. The SMILES string of the molecule is Cn1nncc1C(=O)NCc1cccc(C#N)c1. The summed E-state index contributed by atoms with van der Waals surface area (Å²) in [5.41, 5.74) is 1.84. The molecule has 90 valence electrons. The Morgan fingerprint density at radius 3 is 3.06 bits per heavy atom. The fraction of sp³-hybridized carbons (Fsp3) is 0.167. The Labute approximate surface area is 104 Å². The van der Waals surface area contributed by atoms with Crippen molar-refractivity contribution in [3.63, 3.8) is 0 Å². The molecule has 1 heterocycles. The lowest BCUT2D eigenvalue weighted by molar-refractivity contribution is 0.0941. The van der Waals surface area contributed by atoms with Crippen LogP contribution in [-0.4, -0.2) is 20.9 Å². The summed E-state index contributed by atoms with van der Waals surface area (Å²) in [5, 5.41) is 18.8. The molecule has 0 unspecified atom stereocenters. The maximum Gasteiger partial charge on any atom is 0.271 e. The minimum atomic E-state index is -0.245. The summed E-state index contributed by atoms with van der Waals surface area (Å²) in [7, 11) is 1.65. The number of rotatable bonds is 3. The van der Waals surface area contributed by atoms with Crippen molar-refractivity contribution in [2.75, 3.05) is 0 Å². The molecule has 0 aliphatic carbocycles. The predicted molar refractivity (Wildman–Crippen MR) is 63.3 cm³/mol. The molecule has 0 saturated carbocycles. The van der Waals surface area contributed by atoms with Crippen LogP contribution in [-0.2, 0) is 13.6 Å². The zero-order chi connectivity index (χ0) is 13.0. The zero-order valence-corrected chi connectivity index (χ0v) is 9.79. The number of hydrogen-bond donors (Lipinski definition) is 1. The predicted octanol–water partition coefficient (Wildman–Crippen LogP) is 0.617. The Bertz CT molecular complexity index is 611. The topological polar surface area (TPSA) is 83.6 Å². The maximum absolute atomic E-state index is 11.8. The van der Waals surface area contributed by atoms with Gasteiger partial charge in [-0.1, -0.05) is 17.3 Å². The standard InChI is InChI=1S/C12H11N5O/c1-17-11(8-15-16-17)12(18)14-7-10-4-2-3-9(5-10)6-13/h2-5,8H,7H2,1H3,(H,14,18). The summed E-state index contributed by atoms with van der Waals surface area (Å²) in [4.78, 5) is 11.8. The third kappa shape index (κ3) is 2.52. The molecule has 0 saturated heterocycles. The first-order chi connectivity index (χ1) is 8.70. The molecule has 0 bridgehead atoms. The van der Waals surface area contributed by atoms with Gasteiger partial charge in [0.25, 0.3) is 5.91 Å². The molecule has 0 aliphatic rings. The van der Waals surface area contributed by atoms with Crippen LogP contribution in [0.15, 0.2) is 30.5 Å². The van der Waals surface area contributed by atoms with Crippen molar-refractivity contribution in [1.82, 2.24) is 20.3 Å². The second-order valence-electron chi connectivity index (χ2n) is 3.74. The molecule has 0 spiro atoms. The summed E-state index contributed by atoms with van der Waals surface area (Å²) >= 11 is 0. The third-order valence-corrected chi connectivity index (χ3v) is 2.46. The van der Waals surface area contributed by atoms with Gasteiger partial charge in [-0.15, -0.1) is 5.10 Å². The van der Waals surface area contributed by atoms with Crippen molar-refractivity contribution < 1.29 is 4.79 Å². The summed E-state index contributed by atoms with van der Waals surface area (Å²) in [6.45, 7) is 0.361. The molecule has 6 heteroatoms. The first-order valence-electron chi connectivity index (χ1n) is 5.32. The monoisotopic (exact) mass is 241 g/mol. The lowest BCUT2D eigenvalue weighted by Crippen LogP contribution is -2.25. The molecule has 0 atom stereocenters. The fourth-order valence-electron chi connectivity index (χ4n) is 1.52. The van der Waals surface area contributed by atoms with Crippen LogP contribution < -0.4 is 5.32 Å². The molecule has 1 N–H and O–H groups in total. The Hall–Kier alpha value is -2.68. The minimum Gasteiger partial charge on any atom is -0.347 e. The summed E-state index contributed by atoms with van der Waals surface area (Å²) in [6.07, 6.45) is 1.40. The van der Waals surface area contributed by atoms with Crippen LogP contribution in [0.25, 0.3) is 0 Å². The Kier molecular flexibility index (Phi) is 3.34. The lowest BCUT2D eigenvalue weighted by Gasteiger charge is -2.05. The smallest absolute Gasteiger partial charge is 0.271 e. The number of amides is 1. The van der Waals surface area contributed by atoms with Gasteiger partial charge in [0.05, 0.1) is 17.8 Å². The number of nitriles is 1. The fourth-order valence-corrected chi connectivity index (χ4v) is 1.52. The van der Waals surface area contributed by atoms with Crippen LogP contribution in [0.3, 0.4) is 0 Å². The van der Waals surface area contributed by atoms with Crippen molar-refractivity contribution in [3.05, 3.63) is 47.3 Å². The number of hydrogen-bond acceptors (Lipinski definition) is 4. The van der Waals surface area contributed by atoms with E-state index in [2.05, 4.69) is 21.7 Å². The van der Waals surface area contributed by atoms with E-state index in [1.54, 1.807) is 25.2 Å². The van der Waals surface area contributed by atoms with Gasteiger partial charge in [-0.05, 0) is 17.7 Å². The van der Waals surface area contributed by atoms with Gasteiger partial charge < -0.3 is 5.32 Å². The Morgan fingerprint density at radius 2 is 2.39 bits per heavy atom. The number of benzene rings is 1. The molecule has 0 fully saturated rings. The van der Waals surface area contributed by atoms with Crippen LogP contribution >= 0.6 is 0 Å². The van der Waals surface area contributed by atoms with Crippen molar-refractivity contribution in [2.45, 2.75) is 6.54 Å². The largest absolute Gasteiger partial charge is 0.347 e. The first-order valence-corrected chi connectivity index (χ1v) is 5.32. The first kappa shape index (κ1) is 11.8. The van der Waals surface area contributed by atoms with Crippen molar-refractivity contribution in [3.8, 4) is 6.07 Å². The number of carbonyl (C=O) groups excluding carboxylic acids is 1. The summed E-state index contributed by atoms with van der Waals surface area (Å²) in [6, 6.07) is 9.14. The van der Waals surface area contributed by atoms with Crippen LogP contribution in [0.5, 0.6) is 0 Å². The van der Waals surface area contributed by atoms with E-state index in [4.69, 9.17) is 5.26 Å². The molecule has 1 aromatic heterocycles. The van der Waals surface area contributed by atoms with Crippen LogP contribution in [0.1, 0.15) is 21.6 Å². The zero-order valence-electron chi connectivity index (χ0n) is 9.79. The average Bonchev–Trinajstić information content (AvgIpc) is 2.82. The van der Waals surface area contributed by atoms with E-state index in [-0.39, 0.29) is 5.91 Å². The highest BCUT2D eigenvalue weighted by molar-refractivity contribution is 5.92. The minimum absolute atomic E-state index is 0.245. The van der Waals surface area contributed by atoms with Gasteiger partial charge >= 0.3 is 0 Å². The van der Waals surface area contributed by atoms with Gasteiger partial charge in [-0.2, -0.15) is 5.26 Å². The van der Waals surface area contributed by atoms with Gasteiger partial charge in [0.2, 0.25) is 0 Å². The second-order valence-corrected chi connectivity index (χ2v) is 3.74. The average molecular weight is 241 g/mol. The molecular weight excluding hydrogens is 230 g/mol. The van der Waals surface area contributed by atoms with E-state index < -0.39 is 0 Å². The van der Waals surface area contributed by atoms with Gasteiger partial charge in [0.1, 0.15) is 5.69 Å². The lowest BCUT2D eigenvalue weighted by atomic mass is 10.1. The van der Waals surface area contributed by atoms with Gasteiger partial charge in [0, 0.05) is 13.6 Å². The molecular formula is C12H11N5O. The molecule has 0 radical (unpaired) electrons. The number of carbonyl (C=O) groups is 1. The van der Waals surface area contributed by atoms with Gasteiger partial charge in [-0.3, -0.25) is 4.79 Å². The van der Waals surface area contributed by atoms with E-state index in [1.165, 1.54) is 10.9 Å². The van der Waals surface area contributed by atoms with E-state index in [9.17, 15) is 4.79 Å². The molecule has 2 aromatic rings. The number of nitrogens with zero attached hydrogens (tertiary/aromatic N) is 4. The highest BCUT2D eigenvalue weighted by atomic mass is 16.2. The van der Waals surface area contributed by atoms with Crippen molar-refractivity contribution >= 4 is 5.91 Å². The molecule has 2 rings (SSSR count). The van der Waals surface area contributed by atoms with Crippen LogP contribution in [0.2, 0.25) is 0 Å². The van der Waals surface area contributed by atoms with E-state index in [0.29, 0.717) is 17.8 Å². The number of nitrogens with one attached hydrogen (secondary N) is 1. The normalized spacial score (nSPS) is 9.78. The van der Waals surface area contributed by atoms with Crippen molar-refractivity contribution in [2.24, 2.45) is 7.05 Å². The quantitative estimate of drug-likeness (QED) is 0.853. The molecule has 6 nitrogen and oxygen atoms in total.